The van der Waals surface area contributed by atoms with Gasteiger partial charge in [0.2, 0.25) is 11.8 Å². The fraction of sp³-hybridized carbons (Fsp3) is 0.571. The van der Waals surface area contributed by atoms with Gasteiger partial charge < -0.3 is 10.6 Å². The number of benzene rings is 1. The SMILES string of the molecule is CC(C(=O)Nc1ccccc1C#N)N1CCCN(CC(=O)NC(C)(C)C)CC1. The van der Waals surface area contributed by atoms with Crippen LogP contribution in [0.4, 0.5) is 5.69 Å². The van der Waals surface area contributed by atoms with E-state index in [1.165, 1.54) is 0 Å². The summed E-state index contributed by atoms with van der Waals surface area (Å²) in [6.45, 7) is 11.3. The molecule has 2 rings (SSSR count). The zero-order valence-electron chi connectivity index (χ0n) is 17.3. The first-order chi connectivity index (χ1) is 13.2. The van der Waals surface area contributed by atoms with Crippen molar-refractivity contribution in [2.24, 2.45) is 0 Å². The summed E-state index contributed by atoms with van der Waals surface area (Å²) in [4.78, 5) is 29.1. The number of carbonyl (C=O) groups is 2. The van der Waals surface area contributed by atoms with Crippen LogP contribution >= 0.6 is 0 Å². The normalized spacial score (nSPS) is 17.2. The minimum Gasteiger partial charge on any atom is -0.350 e. The lowest BCUT2D eigenvalue weighted by Crippen LogP contribution is -2.47. The van der Waals surface area contributed by atoms with Crippen LogP contribution < -0.4 is 10.6 Å². The third kappa shape index (κ3) is 6.63. The molecule has 2 amide bonds. The summed E-state index contributed by atoms with van der Waals surface area (Å²) in [7, 11) is 0. The Balaban J connectivity index is 1.89. The predicted molar refractivity (Wildman–Crippen MR) is 110 cm³/mol. The molecule has 7 heteroatoms. The molecule has 152 valence electrons. The molecule has 1 aliphatic rings. The molecule has 28 heavy (non-hydrogen) atoms. The molecule has 0 bridgehead atoms. The number of hydrogen-bond acceptors (Lipinski definition) is 5. The highest BCUT2D eigenvalue weighted by Gasteiger charge is 2.25. The summed E-state index contributed by atoms with van der Waals surface area (Å²) < 4.78 is 0. The number of amides is 2. The molecule has 1 saturated heterocycles. The lowest BCUT2D eigenvalue weighted by Gasteiger charge is -2.27. The van der Waals surface area contributed by atoms with E-state index in [2.05, 4.69) is 26.5 Å². The molecule has 1 atom stereocenters. The smallest absolute Gasteiger partial charge is 0.241 e. The highest BCUT2D eigenvalue weighted by molar-refractivity contribution is 5.95. The largest absolute Gasteiger partial charge is 0.350 e. The minimum absolute atomic E-state index is 0.0276. The first-order valence-electron chi connectivity index (χ1n) is 9.77. The summed E-state index contributed by atoms with van der Waals surface area (Å²) >= 11 is 0. The number of carbonyl (C=O) groups excluding carboxylic acids is 2. The van der Waals surface area contributed by atoms with E-state index in [0.717, 1.165) is 32.6 Å². The Hall–Kier alpha value is -2.43. The molecule has 1 unspecified atom stereocenters. The molecule has 1 aromatic rings. The Bertz CT molecular complexity index is 735. The molecule has 7 nitrogen and oxygen atoms in total. The average Bonchev–Trinajstić information content (AvgIpc) is 2.85. The van der Waals surface area contributed by atoms with Crippen molar-refractivity contribution in [1.82, 2.24) is 15.1 Å². The first kappa shape index (κ1) is 21.9. The average molecular weight is 386 g/mol. The summed E-state index contributed by atoms with van der Waals surface area (Å²) in [5.41, 5.74) is 0.758. The van der Waals surface area contributed by atoms with Gasteiger partial charge in [-0.2, -0.15) is 5.26 Å². The molecule has 1 heterocycles. The maximum absolute atomic E-state index is 12.7. The van der Waals surface area contributed by atoms with Crippen molar-refractivity contribution in [1.29, 1.82) is 5.26 Å². The number of anilines is 1. The zero-order chi connectivity index (χ0) is 20.7. The van der Waals surface area contributed by atoms with Gasteiger partial charge in [0.25, 0.3) is 0 Å². The number of nitrogens with zero attached hydrogens (tertiary/aromatic N) is 3. The summed E-state index contributed by atoms with van der Waals surface area (Å²) in [6.07, 6.45) is 0.898. The van der Waals surface area contributed by atoms with E-state index in [1.807, 2.05) is 27.7 Å². The van der Waals surface area contributed by atoms with E-state index in [1.54, 1.807) is 24.3 Å². The van der Waals surface area contributed by atoms with Gasteiger partial charge in [0.1, 0.15) is 6.07 Å². The summed E-state index contributed by atoms with van der Waals surface area (Å²) in [5, 5.41) is 15.0. The van der Waals surface area contributed by atoms with Gasteiger partial charge in [-0.3, -0.25) is 19.4 Å². The van der Waals surface area contributed by atoms with Gasteiger partial charge in [0.15, 0.2) is 0 Å². The van der Waals surface area contributed by atoms with Crippen LogP contribution in [0.15, 0.2) is 24.3 Å². The van der Waals surface area contributed by atoms with Gasteiger partial charge in [-0.15, -0.1) is 0 Å². The molecule has 0 saturated carbocycles. The third-order valence-electron chi connectivity index (χ3n) is 4.74. The minimum atomic E-state index is -0.310. The first-order valence-corrected chi connectivity index (χ1v) is 9.77. The summed E-state index contributed by atoms with van der Waals surface area (Å²) in [5.74, 6) is -0.0959. The van der Waals surface area contributed by atoms with Crippen LogP contribution in [0.1, 0.15) is 39.7 Å². The van der Waals surface area contributed by atoms with Crippen molar-refractivity contribution in [3.63, 3.8) is 0 Å². The molecule has 0 radical (unpaired) electrons. The zero-order valence-corrected chi connectivity index (χ0v) is 17.3. The second-order valence-electron chi connectivity index (χ2n) is 8.29. The summed E-state index contributed by atoms with van der Waals surface area (Å²) in [6, 6.07) is 8.78. The Morgan fingerprint density at radius 2 is 1.89 bits per heavy atom. The lowest BCUT2D eigenvalue weighted by atomic mass is 10.1. The Kier molecular flexibility index (Phi) is 7.55. The third-order valence-corrected chi connectivity index (χ3v) is 4.74. The monoisotopic (exact) mass is 385 g/mol. The van der Waals surface area contributed by atoms with Crippen LogP contribution in [0.2, 0.25) is 0 Å². The lowest BCUT2D eigenvalue weighted by molar-refractivity contribution is -0.124. The number of hydrogen-bond donors (Lipinski definition) is 2. The molecule has 1 aromatic carbocycles. The molecule has 1 aliphatic heterocycles. The van der Waals surface area contributed by atoms with Gasteiger partial charge >= 0.3 is 0 Å². The van der Waals surface area contributed by atoms with Gasteiger partial charge in [0.05, 0.1) is 23.8 Å². The number of nitrogens with one attached hydrogen (secondary N) is 2. The van der Waals surface area contributed by atoms with Crippen LogP contribution in [0.5, 0.6) is 0 Å². The number of rotatable bonds is 5. The maximum atomic E-state index is 12.7. The van der Waals surface area contributed by atoms with Crippen molar-refractivity contribution in [2.75, 3.05) is 38.0 Å². The van der Waals surface area contributed by atoms with E-state index in [4.69, 9.17) is 0 Å². The van der Waals surface area contributed by atoms with E-state index < -0.39 is 0 Å². The van der Waals surface area contributed by atoms with Crippen LogP contribution in [-0.2, 0) is 9.59 Å². The molecule has 0 aliphatic carbocycles. The highest BCUT2D eigenvalue weighted by atomic mass is 16.2. The molecule has 0 aromatic heterocycles. The second-order valence-corrected chi connectivity index (χ2v) is 8.29. The second kappa shape index (κ2) is 9.67. The van der Waals surface area contributed by atoms with Crippen molar-refractivity contribution < 1.29 is 9.59 Å². The number of para-hydroxylation sites is 1. The van der Waals surface area contributed by atoms with Crippen LogP contribution in [-0.4, -0.2) is 65.9 Å². The van der Waals surface area contributed by atoms with Crippen molar-refractivity contribution >= 4 is 17.5 Å². The van der Waals surface area contributed by atoms with Gasteiger partial charge in [0, 0.05) is 25.2 Å². The van der Waals surface area contributed by atoms with Gasteiger partial charge in [-0.25, -0.2) is 0 Å². The van der Waals surface area contributed by atoms with E-state index in [9.17, 15) is 14.9 Å². The quantitative estimate of drug-likeness (QED) is 0.807. The van der Waals surface area contributed by atoms with Crippen LogP contribution in [0.25, 0.3) is 0 Å². The maximum Gasteiger partial charge on any atom is 0.241 e. The number of nitriles is 1. The molecule has 2 N–H and O–H groups in total. The van der Waals surface area contributed by atoms with Crippen molar-refractivity contribution in [3.8, 4) is 6.07 Å². The molecular weight excluding hydrogens is 354 g/mol. The predicted octanol–water partition coefficient (Wildman–Crippen LogP) is 1.81. The Morgan fingerprint density at radius 3 is 2.57 bits per heavy atom. The van der Waals surface area contributed by atoms with Gasteiger partial charge in [-0.05, 0) is 52.8 Å². The van der Waals surface area contributed by atoms with E-state index in [-0.39, 0.29) is 23.4 Å². The molecular formula is C21H31N5O2. The molecule has 1 fully saturated rings. The standard InChI is InChI=1S/C21H31N5O2/c1-16(20(28)23-18-9-6-5-8-17(18)14-22)26-11-7-10-25(12-13-26)15-19(27)24-21(2,3)4/h5-6,8-9,16H,7,10-13,15H2,1-4H3,(H,23,28)(H,24,27). The molecule has 0 spiro atoms. The highest BCUT2D eigenvalue weighted by Crippen LogP contribution is 2.15. The van der Waals surface area contributed by atoms with Crippen LogP contribution in [0.3, 0.4) is 0 Å². The van der Waals surface area contributed by atoms with Crippen molar-refractivity contribution in [3.05, 3.63) is 29.8 Å². The topological polar surface area (TPSA) is 88.5 Å². The Labute approximate surface area is 167 Å². The fourth-order valence-electron chi connectivity index (χ4n) is 3.29. The van der Waals surface area contributed by atoms with Crippen LogP contribution in [0, 0.1) is 11.3 Å². The Morgan fingerprint density at radius 1 is 1.18 bits per heavy atom. The van der Waals surface area contributed by atoms with E-state index in [0.29, 0.717) is 17.8 Å². The fourth-order valence-corrected chi connectivity index (χ4v) is 3.29. The van der Waals surface area contributed by atoms with Gasteiger partial charge in [-0.1, -0.05) is 12.1 Å². The van der Waals surface area contributed by atoms with E-state index >= 15 is 0 Å². The van der Waals surface area contributed by atoms with Crippen molar-refractivity contribution in [2.45, 2.75) is 45.7 Å².